The molecule has 0 atom stereocenters. The summed E-state index contributed by atoms with van der Waals surface area (Å²) in [6.07, 6.45) is 0. The van der Waals surface area contributed by atoms with Crippen molar-refractivity contribution in [2.45, 2.75) is 6.92 Å². The van der Waals surface area contributed by atoms with E-state index in [1.165, 1.54) is 0 Å². The van der Waals surface area contributed by atoms with Crippen LogP contribution >= 0.6 is 0 Å². The molecular formula is C11H11F2NO2. The van der Waals surface area contributed by atoms with Gasteiger partial charge in [-0.2, -0.15) is 0 Å². The molecular weight excluding hydrogens is 216 g/mol. The molecule has 1 aromatic heterocycles. The van der Waals surface area contributed by atoms with Crippen LogP contribution in [0, 0.1) is 6.92 Å². The van der Waals surface area contributed by atoms with Crippen LogP contribution in [0.1, 0.15) is 5.69 Å². The van der Waals surface area contributed by atoms with Gasteiger partial charge in [-0.1, -0.05) is 0 Å². The molecule has 0 aliphatic heterocycles. The van der Waals surface area contributed by atoms with E-state index >= 15 is 0 Å². The zero-order valence-corrected chi connectivity index (χ0v) is 8.72. The third-order valence-corrected chi connectivity index (χ3v) is 2.24. The monoisotopic (exact) mass is 227 g/mol. The molecule has 1 heterocycles. The number of ether oxygens (including phenoxy) is 2. The molecule has 0 spiro atoms. The molecule has 0 bridgehead atoms. The van der Waals surface area contributed by atoms with Crippen molar-refractivity contribution in [1.29, 1.82) is 0 Å². The molecule has 5 heteroatoms. The van der Waals surface area contributed by atoms with Gasteiger partial charge in [0, 0.05) is 22.7 Å². The molecule has 16 heavy (non-hydrogen) atoms. The number of aromatic nitrogens is 1. The highest BCUT2D eigenvalue weighted by Crippen LogP contribution is 2.32. The number of halogens is 2. The first-order valence-electron chi connectivity index (χ1n) is 4.75. The van der Waals surface area contributed by atoms with Gasteiger partial charge in [0.25, 0.3) is 0 Å². The van der Waals surface area contributed by atoms with Crippen LogP contribution in [0.2, 0.25) is 0 Å². The van der Waals surface area contributed by atoms with Gasteiger partial charge >= 0.3 is 0 Å². The lowest BCUT2D eigenvalue weighted by Gasteiger charge is -2.08. The Morgan fingerprint density at radius 2 is 1.69 bits per heavy atom. The van der Waals surface area contributed by atoms with E-state index in [0.29, 0.717) is 0 Å². The highest BCUT2D eigenvalue weighted by molar-refractivity contribution is 5.84. The summed E-state index contributed by atoms with van der Waals surface area (Å²) < 4.78 is 33.7. The minimum Gasteiger partial charge on any atom is -0.459 e. The summed E-state index contributed by atoms with van der Waals surface area (Å²) in [5, 5.41) is 0.868. The van der Waals surface area contributed by atoms with Crippen LogP contribution in [0.25, 0.3) is 10.9 Å². The van der Waals surface area contributed by atoms with Crippen molar-refractivity contribution in [3.63, 3.8) is 0 Å². The largest absolute Gasteiger partial charge is 0.459 e. The molecule has 2 rings (SSSR count). The summed E-state index contributed by atoms with van der Waals surface area (Å²) in [5.41, 5.74) is 1.76. The number of aryl methyl sites for hydroxylation is 1. The lowest BCUT2D eigenvalue weighted by molar-refractivity contribution is 0.158. The number of alkyl halides is 2. The average Bonchev–Trinajstić information content (AvgIpc) is 2.58. The third-order valence-electron chi connectivity index (χ3n) is 2.24. The van der Waals surface area contributed by atoms with Crippen molar-refractivity contribution in [3.05, 3.63) is 23.9 Å². The molecule has 0 amide bonds. The van der Waals surface area contributed by atoms with E-state index in [-0.39, 0.29) is 11.5 Å². The Bertz CT molecular complexity index is 453. The van der Waals surface area contributed by atoms with Crippen molar-refractivity contribution in [2.75, 3.05) is 13.7 Å². The fourth-order valence-corrected chi connectivity index (χ4v) is 1.63. The molecule has 0 aliphatic rings. The van der Waals surface area contributed by atoms with Crippen LogP contribution in [-0.2, 0) is 0 Å². The molecule has 86 valence electrons. The van der Waals surface area contributed by atoms with Crippen LogP contribution in [0.5, 0.6) is 11.5 Å². The average molecular weight is 227 g/mol. The number of H-pyrrole nitrogens is 1. The molecule has 0 unspecified atom stereocenters. The topological polar surface area (TPSA) is 34.2 Å². The molecule has 0 saturated heterocycles. The lowest BCUT2D eigenvalue weighted by Crippen LogP contribution is -1.96. The van der Waals surface area contributed by atoms with E-state index in [0.717, 1.165) is 16.6 Å². The van der Waals surface area contributed by atoms with Gasteiger partial charge in [-0.15, -0.1) is 0 Å². The number of fused-ring (bicyclic) bond motifs is 1. The van der Waals surface area contributed by atoms with Gasteiger partial charge in [0.1, 0.15) is 0 Å². The Hall–Kier alpha value is -1.78. The van der Waals surface area contributed by atoms with Gasteiger partial charge in [0.2, 0.25) is 13.7 Å². The van der Waals surface area contributed by atoms with Gasteiger partial charge in [0.15, 0.2) is 11.5 Å². The van der Waals surface area contributed by atoms with Crippen LogP contribution in [-0.4, -0.2) is 18.7 Å². The van der Waals surface area contributed by atoms with Crippen molar-refractivity contribution in [3.8, 4) is 11.5 Å². The van der Waals surface area contributed by atoms with Crippen molar-refractivity contribution < 1.29 is 18.3 Å². The van der Waals surface area contributed by atoms with E-state index in [1.807, 2.05) is 13.0 Å². The predicted molar refractivity (Wildman–Crippen MR) is 56.2 cm³/mol. The second-order valence-corrected chi connectivity index (χ2v) is 3.35. The number of benzene rings is 1. The number of hydrogen-bond acceptors (Lipinski definition) is 2. The Balaban J connectivity index is 2.51. The highest BCUT2D eigenvalue weighted by Gasteiger charge is 2.09. The van der Waals surface area contributed by atoms with Crippen LogP contribution in [0.15, 0.2) is 18.2 Å². The SMILES string of the molecule is Cc1cc2cc(OCF)c(OCF)cc2[nH]1. The fraction of sp³-hybridized carbons (Fsp3) is 0.273. The molecule has 3 nitrogen and oxygen atoms in total. The first-order chi connectivity index (χ1) is 7.74. The normalized spacial score (nSPS) is 10.7. The lowest BCUT2D eigenvalue weighted by atomic mass is 10.2. The van der Waals surface area contributed by atoms with Crippen LogP contribution < -0.4 is 9.47 Å². The third kappa shape index (κ3) is 1.93. The Kier molecular flexibility index (Phi) is 2.94. The number of hydrogen-bond donors (Lipinski definition) is 1. The maximum Gasteiger partial charge on any atom is 0.228 e. The highest BCUT2D eigenvalue weighted by atomic mass is 19.1. The van der Waals surface area contributed by atoms with Crippen molar-refractivity contribution in [1.82, 2.24) is 4.98 Å². The molecule has 0 aliphatic carbocycles. The van der Waals surface area contributed by atoms with E-state index < -0.39 is 13.7 Å². The molecule has 1 aromatic carbocycles. The standard InChI is InChI=1S/C11H11F2NO2/c1-7-2-8-3-10(15-5-12)11(16-6-13)4-9(8)14-7/h2-4,14H,5-6H2,1H3. The van der Waals surface area contributed by atoms with E-state index in [9.17, 15) is 8.78 Å². The van der Waals surface area contributed by atoms with Gasteiger partial charge < -0.3 is 14.5 Å². The second kappa shape index (κ2) is 4.38. The smallest absolute Gasteiger partial charge is 0.228 e. The summed E-state index contributed by atoms with van der Waals surface area (Å²) >= 11 is 0. The predicted octanol–water partition coefficient (Wildman–Crippen LogP) is 3.09. The van der Waals surface area contributed by atoms with Crippen LogP contribution in [0.4, 0.5) is 8.78 Å². The molecule has 1 N–H and O–H groups in total. The number of rotatable bonds is 4. The minimum atomic E-state index is -0.978. The zero-order chi connectivity index (χ0) is 11.5. The second-order valence-electron chi connectivity index (χ2n) is 3.35. The Morgan fingerprint density at radius 1 is 1.06 bits per heavy atom. The van der Waals surface area contributed by atoms with E-state index in [2.05, 4.69) is 4.98 Å². The fourth-order valence-electron chi connectivity index (χ4n) is 1.63. The van der Waals surface area contributed by atoms with Gasteiger partial charge in [-0.25, -0.2) is 8.78 Å². The summed E-state index contributed by atoms with van der Waals surface area (Å²) in [6.45, 7) is -0.0588. The summed E-state index contributed by atoms with van der Waals surface area (Å²) in [6, 6.07) is 5.09. The zero-order valence-electron chi connectivity index (χ0n) is 8.72. The van der Waals surface area contributed by atoms with Gasteiger partial charge in [0.05, 0.1) is 0 Å². The van der Waals surface area contributed by atoms with Crippen molar-refractivity contribution >= 4 is 10.9 Å². The maximum absolute atomic E-state index is 12.1. The van der Waals surface area contributed by atoms with Crippen LogP contribution in [0.3, 0.4) is 0 Å². The summed E-state index contributed by atoms with van der Waals surface area (Å²) in [4.78, 5) is 3.07. The molecule has 0 fully saturated rings. The van der Waals surface area contributed by atoms with E-state index in [1.54, 1.807) is 12.1 Å². The first kappa shape index (κ1) is 10.7. The molecule has 0 saturated carbocycles. The van der Waals surface area contributed by atoms with Gasteiger partial charge in [-0.05, 0) is 19.1 Å². The molecule has 2 aromatic rings. The molecule has 0 radical (unpaired) electrons. The number of nitrogens with one attached hydrogen (secondary N) is 1. The minimum absolute atomic E-state index is 0.189. The number of aromatic amines is 1. The summed E-state index contributed by atoms with van der Waals surface area (Å²) in [5.74, 6) is 0.390. The summed E-state index contributed by atoms with van der Waals surface area (Å²) in [7, 11) is 0. The maximum atomic E-state index is 12.1. The Labute approximate surface area is 91.0 Å². The first-order valence-corrected chi connectivity index (χ1v) is 4.75. The van der Waals surface area contributed by atoms with Crippen molar-refractivity contribution in [2.24, 2.45) is 0 Å². The van der Waals surface area contributed by atoms with E-state index in [4.69, 9.17) is 9.47 Å². The Morgan fingerprint density at radius 3 is 2.31 bits per heavy atom. The quantitative estimate of drug-likeness (QED) is 0.870. The van der Waals surface area contributed by atoms with Gasteiger partial charge in [-0.3, -0.25) is 0 Å².